The van der Waals surface area contributed by atoms with Gasteiger partial charge in [-0.05, 0) is 64.9 Å². The molecule has 2 aliphatic rings. The number of carbonyl (C=O) groups excluding carboxylic acids is 2. The van der Waals surface area contributed by atoms with Gasteiger partial charge in [-0.3, -0.25) is 9.59 Å². The van der Waals surface area contributed by atoms with Crippen LogP contribution in [-0.2, 0) is 16.0 Å². The zero-order valence-electron chi connectivity index (χ0n) is 20.5. The fourth-order valence-electron chi connectivity index (χ4n) is 5.34. The van der Waals surface area contributed by atoms with Crippen molar-refractivity contribution in [2.45, 2.75) is 38.6 Å². The molecule has 0 unspecified atom stereocenters. The predicted octanol–water partition coefficient (Wildman–Crippen LogP) is 6.82. The molecule has 0 bridgehead atoms. The van der Waals surface area contributed by atoms with Crippen LogP contribution in [0.5, 0.6) is 0 Å². The van der Waals surface area contributed by atoms with Crippen LogP contribution < -0.4 is 0 Å². The standard InChI is InChI=1S/C29H30Cl2N2O2S/c1-18(2)16-32(29(35)24-15-23(24)19-6-4-3-5-7-19)17-27(34)33-12-10-26-22(11-13-36-26)28(33)21-9-8-20(30)14-25(21)31/h3-9,11,13-14,18,23-24,28H,10,12,15-17H2,1-2H3/t23-,24-,28-/m0/s1. The number of rotatable bonds is 7. The van der Waals surface area contributed by atoms with Crippen molar-refractivity contribution in [2.24, 2.45) is 11.8 Å². The molecule has 1 aromatic heterocycles. The summed E-state index contributed by atoms with van der Waals surface area (Å²) in [5.74, 6) is 0.494. The summed E-state index contributed by atoms with van der Waals surface area (Å²) in [4.78, 5) is 32.4. The summed E-state index contributed by atoms with van der Waals surface area (Å²) in [5.41, 5.74) is 3.17. The molecule has 0 saturated heterocycles. The molecule has 1 saturated carbocycles. The van der Waals surface area contributed by atoms with Gasteiger partial charge in [-0.2, -0.15) is 0 Å². The zero-order valence-corrected chi connectivity index (χ0v) is 22.8. The molecule has 1 aliphatic carbocycles. The second-order valence-corrected chi connectivity index (χ2v) is 12.0. The fourth-order valence-corrected chi connectivity index (χ4v) is 6.76. The molecule has 1 fully saturated rings. The van der Waals surface area contributed by atoms with Gasteiger partial charge in [0.2, 0.25) is 11.8 Å². The third-order valence-electron chi connectivity index (χ3n) is 7.10. The normalized spacial score (nSPS) is 20.8. The molecule has 2 heterocycles. The summed E-state index contributed by atoms with van der Waals surface area (Å²) in [6.45, 7) is 5.40. The number of halogens is 2. The summed E-state index contributed by atoms with van der Waals surface area (Å²) in [7, 11) is 0. The third kappa shape index (κ3) is 5.20. The Morgan fingerprint density at radius 3 is 2.58 bits per heavy atom. The van der Waals surface area contributed by atoms with Crippen molar-refractivity contribution in [3.05, 3.63) is 91.6 Å². The van der Waals surface area contributed by atoms with Crippen LogP contribution in [0.15, 0.2) is 60.0 Å². The Morgan fingerprint density at radius 1 is 1.08 bits per heavy atom. The topological polar surface area (TPSA) is 40.6 Å². The van der Waals surface area contributed by atoms with Gasteiger partial charge in [0, 0.05) is 33.9 Å². The van der Waals surface area contributed by atoms with Crippen molar-refractivity contribution in [1.29, 1.82) is 0 Å². The number of hydrogen-bond donors (Lipinski definition) is 0. The lowest BCUT2D eigenvalue weighted by atomic mass is 9.93. The molecule has 7 heteroatoms. The number of fused-ring (bicyclic) bond motifs is 1. The minimum atomic E-state index is -0.286. The van der Waals surface area contributed by atoms with Crippen molar-refractivity contribution in [2.75, 3.05) is 19.6 Å². The second kappa shape index (κ2) is 10.6. The van der Waals surface area contributed by atoms with Crippen LogP contribution in [0.1, 0.15) is 53.8 Å². The Kier molecular flexibility index (Phi) is 7.43. The van der Waals surface area contributed by atoms with E-state index in [4.69, 9.17) is 23.2 Å². The van der Waals surface area contributed by atoms with E-state index in [1.165, 1.54) is 10.4 Å². The first-order valence-corrected chi connectivity index (χ1v) is 14.1. The van der Waals surface area contributed by atoms with E-state index in [9.17, 15) is 9.59 Å². The Bertz CT molecular complexity index is 1260. The first-order chi connectivity index (χ1) is 17.3. The molecule has 0 spiro atoms. The van der Waals surface area contributed by atoms with E-state index >= 15 is 0 Å². The molecule has 36 heavy (non-hydrogen) atoms. The van der Waals surface area contributed by atoms with Crippen LogP contribution in [-0.4, -0.2) is 41.2 Å². The van der Waals surface area contributed by atoms with Gasteiger partial charge in [0.25, 0.3) is 0 Å². The maximum Gasteiger partial charge on any atom is 0.242 e. The molecule has 3 atom stereocenters. The van der Waals surface area contributed by atoms with Gasteiger partial charge in [-0.25, -0.2) is 0 Å². The quantitative estimate of drug-likeness (QED) is 0.330. The van der Waals surface area contributed by atoms with Crippen molar-refractivity contribution in [3.8, 4) is 0 Å². The van der Waals surface area contributed by atoms with E-state index < -0.39 is 0 Å². The van der Waals surface area contributed by atoms with Crippen LogP contribution in [0.4, 0.5) is 0 Å². The molecule has 4 nitrogen and oxygen atoms in total. The number of hydrogen-bond acceptors (Lipinski definition) is 3. The molecular formula is C29H30Cl2N2O2S. The summed E-state index contributed by atoms with van der Waals surface area (Å²) < 4.78 is 0. The average molecular weight is 542 g/mol. The monoisotopic (exact) mass is 540 g/mol. The summed E-state index contributed by atoms with van der Waals surface area (Å²) in [6.07, 6.45) is 1.65. The zero-order chi connectivity index (χ0) is 25.4. The van der Waals surface area contributed by atoms with Crippen LogP contribution in [0.25, 0.3) is 0 Å². The van der Waals surface area contributed by atoms with Gasteiger partial charge in [-0.1, -0.05) is 73.4 Å². The van der Waals surface area contributed by atoms with Crippen molar-refractivity contribution in [3.63, 3.8) is 0 Å². The first-order valence-electron chi connectivity index (χ1n) is 12.5. The molecule has 0 N–H and O–H groups in total. The average Bonchev–Trinajstić information content (AvgIpc) is 3.51. The summed E-state index contributed by atoms with van der Waals surface area (Å²) in [5, 5.41) is 3.18. The lowest BCUT2D eigenvalue weighted by Gasteiger charge is -2.38. The summed E-state index contributed by atoms with van der Waals surface area (Å²) in [6, 6.07) is 17.5. The van der Waals surface area contributed by atoms with Crippen LogP contribution in [0, 0.1) is 11.8 Å². The molecular weight excluding hydrogens is 511 g/mol. The van der Waals surface area contributed by atoms with Gasteiger partial charge in [0.15, 0.2) is 0 Å². The smallest absolute Gasteiger partial charge is 0.242 e. The van der Waals surface area contributed by atoms with Crippen molar-refractivity contribution in [1.82, 2.24) is 9.80 Å². The second-order valence-electron chi connectivity index (χ2n) is 10.2. The number of benzene rings is 2. The Morgan fingerprint density at radius 2 is 1.86 bits per heavy atom. The van der Waals surface area contributed by atoms with E-state index in [2.05, 4.69) is 37.4 Å². The lowest BCUT2D eigenvalue weighted by molar-refractivity contribution is -0.142. The van der Waals surface area contributed by atoms with Gasteiger partial charge in [-0.15, -0.1) is 11.3 Å². The van der Waals surface area contributed by atoms with Gasteiger partial charge < -0.3 is 9.80 Å². The van der Waals surface area contributed by atoms with Crippen molar-refractivity contribution < 1.29 is 9.59 Å². The van der Waals surface area contributed by atoms with Crippen molar-refractivity contribution >= 4 is 46.4 Å². The molecule has 2 amide bonds. The van der Waals surface area contributed by atoms with Crippen LogP contribution in [0.3, 0.4) is 0 Å². The Balaban J connectivity index is 1.38. The third-order valence-corrected chi connectivity index (χ3v) is 8.66. The minimum Gasteiger partial charge on any atom is -0.333 e. The summed E-state index contributed by atoms with van der Waals surface area (Å²) >= 11 is 14.5. The Hall–Kier alpha value is -2.34. The van der Waals surface area contributed by atoms with E-state index in [0.717, 1.165) is 24.0 Å². The van der Waals surface area contributed by atoms with Crippen LogP contribution in [0.2, 0.25) is 10.0 Å². The number of thiophene rings is 1. The predicted molar refractivity (Wildman–Crippen MR) is 147 cm³/mol. The molecule has 2 aromatic carbocycles. The van der Waals surface area contributed by atoms with Gasteiger partial charge >= 0.3 is 0 Å². The maximum atomic E-state index is 13.8. The van der Waals surface area contributed by atoms with E-state index in [1.54, 1.807) is 22.3 Å². The molecule has 0 radical (unpaired) electrons. The highest BCUT2D eigenvalue weighted by atomic mass is 35.5. The van der Waals surface area contributed by atoms with E-state index in [1.807, 2.05) is 35.2 Å². The highest BCUT2D eigenvalue weighted by molar-refractivity contribution is 7.10. The highest BCUT2D eigenvalue weighted by Crippen LogP contribution is 2.48. The fraction of sp³-hybridized carbons (Fsp3) is 0.379. The first kappa shape index (κ1) is 25.3. The van der Waals surface area contributed by atoms with E-state index in [0.29, 0.717) is 23.1 Å². The Labute approximate surface area is 226 Å². The van der Waals surface area contributed by atoms with E-state index in [-0.39, 0.29) is 42.2 Å². The number of amides is 2. The van der Waals surface area contributed by atoms with Gasteiger partial charge in [0.05, 0.1) is 12.6 Å². The highest BCUT2D eigenvalue weighted by Gasteiger charge is 2.46. The molecule has 188 valence electrons. The van der Waals surface area contributed by atoms with Gasteiger partial charge in [0.1, 0.15) is 0 Å². The largest absolute Gasteiger partial charge is 0.333 e. The number of carbonyl (C=O) groups is 2. The van der Waals surface area contributed by atoms with Crippen LogP contribution >= 0.6 is 34.5 Å². The number of nitrogens with zero attached hydrogens (tertiary/aromatic N) is 2. The maximum absolute atomic E-state index is 13.8. The molecule has 3 aromatic rings. The molecule has 5 rings (SSSR count). The molecule has 1 aliphatic heterocycles. The minimum absolute atomic E-state index is 0.0474. The SMILES string of the molecule is CC(C)CN(CC(=O)N1CCc2sccc2[C@@H]1c1ccc(Cl)cc1Cl)C(=O)[C@H]1C[C@H]1c1ccccc1. The lowest BCUT2D eigenvalue weighted by Crippen LogP contribution is -2.48.